The second-order valence-electron chi connectivity index (χ2n) is 18.2. The standard InChI is InChI=1S/C26H34ClN5OS.C25H33ClN4O2S/c1-31(2)18-10-12-32(13-11-18)16-23-29-25(28-15-17-8-9-21(33-3)20(27)14-17)24-19-6-4-5-7-22(19)34-26(24)30-23;1-32-20-11-10-17(14-19(20)26)15-28-24-23-18-8-4-5-9-21(18)33-25(23)30-22(29-24)16-27-12-6-2-3-7-13-31/h8-9,14,18H,4-7,10-13,15-16H2,1-3H3,(H,28,29,30);10-11,14,27,31H,2-9,12-13,15-16H2,1H3,(H,28,29,30). The van der Waals surface area contributed by atoms with Crippen LogP contribution < -0.4 is 25.4 Å². The molecule has 1 saturated heterocycles. The van der Waals surface area contributed by atoms with Gasteiger partial charge in [-0.1, -0.05) is 48.2 Å². The number of fused-ring (bicyclic) bond motifs is 6. The first-order valence-electron chi connectivity index (χ1n) is 24.2. The van der Waals surface area contributed by atoms with Crippen molar-refractivity contribution in [3.63, 3.8) is 0 Å². The molecule has 0 atom stereocenters. The summed E-state index contributed by atoms with van der Waals surface area (Å²) in [5.41, 5.74) is 5.08. The maximum atomic E-state index is 8.90. The van der Waals surface area contributed by atoms with Crippen LogP contribution in [0, 0.1) is 0 Å². The van der Waals surface area contributed by atoms with Crippen molar-refractivity contribution >= 4 is 77.9 Å². The molecule has 67 heavy (non-hydrogen) atoms. The van der Waals surface area contributed by atoms with Gasteiger partial charge in [0, 0.05) is 48.6 Å². The summed E-state index contributed by atoms with van der Waals surface area (Å²) in [4.78, 5) is 30.0. The third-order valence-electron chi connectivity index (χ3n) is 13.3. The fourth-order valence-corrected chi connectivity index (χ4v) is 12.7. The van der Waals surface area contributed by atoms with Crippen molar-refractivity contribution in [2.45, 2.75) is 122 Å². The number of likely N-dealkylation sites (tertiary alicyclic amines) is 1. The van der Waals surface area contributed by atoms with E-state index in [4.69, 9.17) is 57.7 Å². The van der Waals surface area contributed by atoms with Crippen LogP contribution in [0.1, 0.15) is 108 Å². The number of methoxy groups -OCH3 is 2. The molecule has 9 rings (SSSR count). The van der Waals surface area contributed by atoms with Gasteiger partial charge in [0.25, 0.3) is 0 Å². The fraction of sp³-hybridized carbons (Fsp3) is 0.529. The fourth-order valence-electron chi connectivity index (χ4n) is 9.53. The highest BCUT2D eigenvalue weighted by Gasteiger charge is 2.25. The van der Waals surface area contributed by atoms with E-state index in [9.17, 15) is 0 Å². The van der Waals surface area contributed by atoms with Crippen molar-refractivity contribution in [3.8, 4) is 11.5 Å². The van der Waals surface area contributed by atoms with Crippen molar-refractivity contribution in [1.29, 1.82) is 0 Å². The maximum absolute atomic E-state index is 8.90. The molecule has 2 aromatic carbocycles. The summed E-state index contributed by atoms with van der Waals surface area (Å²) in [5.74, 6) is 5.01. The molecular formula is C51H67Cl2N9O3S2. The van der Waals surface area contributed by atoms with Crippen molar-refractivity contribution in [1.82, 2.24) is 35.1 Å². The number of benzene rings is 2. The predicted molar refractivity (Wildman–Crippen MR) is 278 cm³/mol. The van der Waals surface area contributed by atoms with Crippen LogP contribution in [-0.4, -0.2) is 95.4 Å². The molecule has 0 bridgehead atoms. The Balaban J connectivity index is 0.000000182. The SMILES string of the molecule is COc1ccc(CNc2nc(CN3CCC(N(C)C)CC3)nc3sc4c(c23)CCCC4)cc1Cl.COc1ccc(CNc2nc(CNCCCCCCO)nc3sc4c(c23)CCCC4)cc1Cl. The highest BCUT2D eigenvalue weighted by molar-refractivity contribution is 7.19. The lowest BCUT2D eigenvalue weighted by Crippen LogP contribution is -2.41. The lowest BCUT2D eigenvalue weighted by atomic mass is 9.97. The number of piperidine rings is 1. The summed E-state index contributed by atoms with van der Waals surface area (Å²) in [5, 5.41) is 23.3. The quantitative estimate of drug-likeness (QED) is 0.0576. The lowest BCUT2D eigenvalue weighted by Gasteiger charge is -2.34. The number of ether oxygens (including phenoxy) is 2. The van der Waals surface area contributed by atoms with Crippen LogP contribution in [-0.2, 0) is 51.9 Å². The average Bonchev–Trinajstić information content (AvgIpc) is 3.91. The Hall–Kier alpha value is -3.86. The number of aromatic nitrogens is 4. The molecule has 1 fully saturated rings. The number of nitrogens with one attached hydrogen (secondary N) is 3. The number of aliphatic hydroxyl groups is 1. The molecule has 0 spiro atoms. The highest BCUT2D eigenvalue weighted by atomic mass is 35.5. The van der Waals surface area contributed by atoms with E-state index < -0.39 is 0 Å². The summed E-state index contributed by atoms with van der Waals surface area (Å²) < 4.78 is 10.6. The van der Waals surface area contributed by atoms with E-state index in [2.05, 4.69) is 45.9 Å². The number of hydrogen-bond acceptors (Lipinski definition) is 14. The summed E-state index contributed by atoms with van der Waals surface area (Å²) in [6.07, 6.45) is 16.1. The molecule has 0 radical (unpaired) electrons. The number of aliphatic hydroxyl groups excluding tert-OH is 1. The van der Waals surface area contributed by atoms with Gasteiger partial charge in [0.05, 0.1) is 48.1 Å². The molecule has 5 heterocycles. The molecule has 0 saturated carbocycles. The third kappa shape index (κ3) is 12.7. The first-order chi connectivity index (χ1) is 32.7. The van der Waals surface area contributed by atoms with E-state index in [0.717, 1.165) is 122 Å². The highest BCUT2D eigenvalue weighted by Crippen LogP contribution is 2.41. The molecule has 6 aromatic rings. The van der Waals surface area contributed by atoms with Crippen molar-refractivity contribution in [3.05, 3.63) is 90.1 Å². The average molecular weight is 989 g/mol. The second kappa shape index (κ2) is 24.1. The van der Waals surface area contributed by atoms with Crippen LogP contribution in [0.3, 0.4) is 0 Å². The minimum atomic E-state index is 0.282. The topological polar surface area (TPSA) is 133 Å². The van der Waals surface area contributed by atoms with Gasteiger partial charge in [-0.05, 0) is 144 Å². The molecule has 4 N–H and O–H groups in total. The minimum Gasteiger partial charge on any atom is -0.495 e. The van der Waals surface area contributed by atoms with Gasteiger partial charge in [0.15, 0.2) is 0 Å². The molecule has 12 nitrogen and oxygen atoms in total. The first kappa shape index (κ1) is 49.6. The van der Waals surface area contributed by atoms with Crippen LogP contribution in [0.5, 0.6) is 11.5 Å². The van der Waals surface area contributed by atoms with Gasteiger partial charge in [0.2, 0.25) is 0 Å². The minimum absolute atomic E-state index is 0.282. The normalized spacial score (nSPS) is 15.3. The number of anilines is 2. The van der Waals surface area contributed by atoms with Gasteiger partial charge in [-0.25, -0.2) is 19.9 Å². The molecular weight excluding hydrogens is 922 g/mol. The van der Waals surface area contributed by atoms with E-state index in [-0.39, 0.29) is 6.61 Å². The maximum Gasteiger partial charge on any atom is 0.146 e. The second-order valence-corrected chi connectivity index (χ2v) is 21.2. The molecule has 3 aliphatic rings. The van der Waals surface area contributed by atoms with E-state index in [1.54, 1.807) is 14.2 Å². The molecule has 360 valence electrons. The summed E-state index contributed by atoms with van der Waals surface area (Å²) in [6, 6.07) is 12.5. The molecule has 0 amide bonds. The van der Waals surface area contributed by atoms with Crippen LogP contribution in [0.15, 0.2) is 36.4 Å². The Morgan fingerprint density at radius 1 is 0.687 bits per heavy atom. The Labute approximate surface area is 414 Å². The Morgan fingerprint density at radius 3 is 1.73 bits per heavy atom. The zero-order valence-electron chi connectivity index (χ0n) is 39.6. The van der Waals surface area contributed by atoms with Crippen LogP contribution in [0.2, 0.25) is 10.0 Å². The molecule has 1 aliphatic heterocycles. The number of unbranched alkanes of at least 4 members (excludes halogenated alkanes) is 3. The third-order valence-corrected chi connectivity index (χ3v) is 16.2. The number of halogens is 2. The number of hydrogen-bond donors (Lipinski definition) is 4. The predicted octanol–water partition coefficient (Wildman–Crippen LogP) is 10.9. The van der Waals surface area contributed by atoms with Gasteiger partial charge >= 0.3 is 0 Å². The summed E-state index contributed by atoms with van der Waals surface area (Å²) >= 11 is 16.4. The van der Waals surface area contributed by atoms with E-state index in [1.807, 2.05) is 53.0 Å². The zero-order chi connectivity index (χ0) is 46.7. The smallest absolute Gasteiger partial charge is 0.146 e. The monoisotopic (exact) mass is 987 g/mol. The first-order valence-corrected chi connectivity index (χ1v) is 26.5. The number of aryl methyl sites for hydroxylation is 4. The van der Waals surface area contributed by atoms with Crippen molar-refractivity contribution in [2.24, 2.45) is 0 Å². The molecule has 4 aromatic heterocycles. The van der Waals surface area contributed by atoms with Crippen molar-refractivity contribution < 1.29 is 14.6 Å². The molecule has 16 heteroatoms. The number of thiophene rings is 2. The molecule has 2 aliphatic carbocycles. The van der Waals surface area contributed by atoms with E-state index in [1.165, 1.54) is 70.2 Å². The van der Waals surface area contributed by atoms with Crippen LogP contribution >= 0.6 is 45.9 Å². The van der Waals surface area contributed by atoms with Gasteiger partial charge < -0.3 is 35.4 Å². The van der Waals surface area contributed by atoms with Crippen LogP contribution in [0.25, 0.3) is 20.4 Å². The zero-order valence-corrected chi connectivity index (χ0v) is 42.8. The van der Waals surface area contributed by atoms with Gasteiger partial charge in [-0.3, -0.25) is 4.90 Å². The Bertz CT molecular complexity index is 2580. The van der Waals surface area contributed by atoms with Gasteiger partial charge in [-0.15, -0.1) is 22.7 Å². The van der Waals surface area contributed by atoms with Crippen LogP contribution in [0.4, 0.5) is 11.6 Å². The summed E-state index contributed by atoms with van der Waals surface area (Å²) in [6.45, 7) is 6.16. The Kier molecular flexibility index (Phi) is 17.8. The van der Waals surface area contributed by atoms with Crippen molar-refractivity contribution in [2.75, 3.05) is 65.2 Å². The number of nitrogens with zero attached hydrogens (tertiary/aromatic N) is 6. The molecule has 0 unspecified atom stereocenters. The van der Waals surface area contributed by atoms with Gasteiger partial charge in [0.1, 0.15) is 44.4 Å². The Morgan fingerprint density at radius 2 is 1.21 bits per heavy atom. The van der Waals surface area contributed by atoms with E-state index in [0.29, 0.717) is 47.2 Å². The summed E-state index contributed by atoms with van der Waals surface area (Å²) in [7, 11) is 7.63. The van der Waals surface area contributed by atoms with Gasteiger partial charge in [-0.2, -0.15) is 0 Å². The van der Waals surface area contributed by atoms with E-state index >= 15 is 0 Å². The largest absolute Gasteiger partial charge is 0.495 e. The lowest BCUT2D eigenvalue weighted by molar-refractivity contribution is 0.138. The number of rotatable bonds is 19.